The fourth-order valence-electron chi connectivity index (χ4n) is 2.17. The zero-order valence-electron chi connectivity index (χ0n) is 12.9. The van der Waals surface area contributed by atoms with E-state index in [1.54, 1.807) is 0 Å². The van der Waals surface area contributed by atoms with Crippen molar-refractivity contribution in [2.75, 3.05) is 18.9 Å². The molecule has 0 saturated carbocycles. The van der Waals surface area contributed by atoms with Gasteiger partial charge in [-0.25, -0.2) is 0 Å². The number of hydrogen-bond acceptors (Lipinski definition) is 2. The van der Waals surface area contributed by atoms with Crippen LogP contribution in [0, 0.1) is 32.6 Å². The number of aryl methyl sites for hydroxylation is 3. The molecular formula is C16H26N2O. The molecule has 0 saturated heterocycles. The largest absolute Gasteiger partial charge is 0.326 e. The van der Waals surface area contributed by atoms with Gasteiger partial charge in [-0.1, -0.05) is 19.9 Å². The minimum absolute atomic E-state index is 0.00832. The van der Waals surface area contributed by atoms with E-state index in [0.717, 1.165) is 11.3 Å². The number of hydrogen-bond donors (Lipinski definition) is 2. The molecule has 1 aromatic carbocycles. The standard InChI is InChI=1S/C16H26N2O/c1-10(2)14(9-17-6)16(19)18-15-8-12(4)11(3)7-13(15)5/h7-8,10,14,17H,9H2,1-6H3,(H,18,19). The molecule has 19 heavy (non-hydrogen) atoms. The first-order valence-electron chi connectivity index (χ1n) is 6.90. The predicted octanol–water partition coefficient (Wildman–Crippen LogP) is 3.04. The van der Waals surface area contributed by atoms with Crippen LogP contribution in [0.25, 0.3) is 0 Å². The lowest BCUT2D eigenvalue weighted by Gasteiger charge is -2.21. The van der Waals surface area contributed by atoms with Gasteiger partial charge in [0.15, 0.2) is 0 Å². The quantitative estimate of drug-likeness (QED) is 0.856. The number of amides is 1. The Labute approximate surface area is 116 Å². The Hall–Kier alpha value is -1.35. The van der Waals surface area contributed by atoms with Gasteiger partial charge >= 0.3 is 0 Å². The molecule has 0 aliphatic heterocycles. The van der Waals surface area contributed by atoms with Gasteiger partial charge in [0.1, 0.15) is 0 Å². The van der Waals surface area contributed by atoms with Crippen LogP contribution in [0.5, 0.6) is 0 Å². The second-order valence-corrected chi connectivity index (χ2v) is 5.65. The number of rotatable bonds is 5. The van der Waals surface area contributed by atoms with Gasteiger partial charge in [-0.2, -0.15) is 0 Å². The summed E-state index contributed by atoms with van der Waals surface area (Å²) in [4.78, 5) is 12.3. The van der Waals surface area contributed by atoms with Crippen LogP contribution in [0.1, 0.15) is 30.5 Å². The smallest absolute Gasteiger partial charge is 0.229 e. The zero-order valence-corrected chi connectivity index (χ0v) is 12.9. The van der Waals surface area contributed by atoms with Gasteiger partial charge < -0.3 is 10.6 Å². The number of anilines is 1. The summed E-state index contributed by atoms with van der Waals surface area (Å²) in [6.07, 6.45) is 0. The van der Waals surface area contributed by atoms with Gasteiger partial charge in [0.05, 0.1) is 5.92 Å². The Morgan fingerprint density at radius 2 is 1.68 bits per heavy atom. The van der Waals surface area contributed by atoms with Crippen molar-refractivity contribution in [3.8, 4) is 0 Å². The summed E-state index contributed by atoms with van der Waals surface area (Å²) >= 11 is 0. The molecule has 1 atom stereocenters. The summed E-state index contributed by atoms with van der Waals surface area (Å²) < 4.78 is 0. The van der Waals surface area contributed by atoms with Gasteiger partial charge in [0, 0.05) is 12.2 Å². The van der Waals surface area contributed by atoms with Crippen LogP contribution in [0.2, 0.25) is 0 Å². The molecule has 1 amide bonds. The van der Waals surface area contributed by atoms with Crippen molar-refractivity contribution in [1.82, 2.24) is 5.32 Å². The minimum atomic E-state index is -0.00832. The molecule has 0 bridgehead atoms. The van der Waals surface area contributed by atoms with Crippen molar-refractivity contribution in [3.63, 3.8) is 0 Å². The van der Waals surface area contributed by atoms with Crippen LogP contribution in [0.15, 0.2) is 12.1 Å². The van der Waals surface area contributed by atoms with E-state index in [1.807, 2.05) is 14.0 Å². The molecule has 2 N–H and O–H groups in total. The van der Waals surface area contributed by atoms with E-state index in [9.17, 15) is 4.79 Å². The van der Waals surface area contributed by atoms with Crippen LogP contribution in [-0.4, -0.2) is 19.5 Å². The van der Waals surface area contributed by atoms with Crippen LogP contribution in [0.3, 0.4) is 0 Å². The molecule has 0 fully saturated rings. The van der Waals surface area contributed by atoms with E-state index in [1.165, 1.54) is 11.1 Å². The summed E-state index contributed by atoms with van der Waals surface area (Å²) in [5.41, 5.74) is 4.50. The van der Waals surface area contributed by atoms with E-state index in [2.05, 4.69) is 50.5 Å². The summed E-state index contributed by atoms with van der Waals surface area (Å²) in [6.45, 7) is 11.0. The minimum Gasteiger partial charge on any atom is -0.326 e. The molecule has 3 nitrogen and oxygen atoms in total. The summed E-state index contributed by atoms with van der Waals surface area (Å²) in [5, 5.41) is 6.16. The van der Waals surface area contributed by atoms with Gasteiger partial charge in [0.25, 0.3) is 0 Å². The van der Waals surface area contributed by atoms with E-state index >= 15 is 0 Å². The maximum Gasteiger partial charge on any atom is 0.229 e. The van der Waals surface area contributed by atoms with Crippen LogP contribution < -0.4 is 10.6 Å². The highest BCUT2D eigenvalue weighted by molar-refractivity contribution is 5.93. The summed E-state index contributed by atoms with van der Waals surface area (Å²) in [5.74, 6) is 0.404. The highest BCUT2D eigenvalue weighted by Crippen LogP contribution is 2.21. The molecule has 0 aliphatic carbocycles. The Kier molecular flexibility index (Phi) is 5.55. The Bertz CT molecular complexity index is 452. The van der Waals surface area contributed by atoms with E-state index in [0.29, 0.717) is 12.5 Å². The van der Waals surface area contributed by atoms with Gasteiger partial charge in [-0.3, -0.25) is 4.79 Å². The number of benzene rings is 1. The summed E-state index contributed by atoms with van der Waals surface area (Å²) in [6, 6.07) is 4.17. The lowest BCUT2D eigenvalue weighted by atomic mass is 9.94. The monoisotopic (exact) mass is 262 g/mol. The van der Waals surface area contributed by atoms with Gasteiger partial charge in [-0.15, -0.1) is 0 Å². The Morgan fingerprint density at radius 1 is 1.11 bits per heavy atom. The molecule has 106 valence electrons. The van der Waals surface area contributed by atoms with Crippen LogP contribution in [0.4, 0.5) is 5.69 Å². The molecule has 1 unspecified atom stereocenters. The van der Waals surface area contributed by atoms with E-state index in [-0.39, 0.29) is 11.8 Å². The topological polar surface area (TPSA) is 41.1 Å². The first-order valence-corrected chi connectivity index (χ1v) is 6.90. The molecule has 1 aromatic rings. The third kappa shape index (κ3) is 4.06. The van der Waals surface area contributed by atoms with Crippen LogP contribution in [-0.2, 0) is 4.79 Å². The maximum absolute atomic E-state index is 12.3. The molecular weight excluding hydrogens is 236 g/mol. The Morgan fingerprint density at radius 3 is 2.21 bits per heavy atom. The van der Waals surface area contributed by atoms with Crippen molar-refractivity contribution in [3.05, 3.63) is 28.8 Å². The van der Waals surface area contributed by atoms with E-state index < -0.39 is 0 Å². The molecule has 0 spiro atoms. The third-order valence-corrected chi connectivity index (χ3v) is 3.66. The first kappa shape index (κ1) is 15.7. The highest BCUT2D eigenvalue weighted by atomic mass is 16.1. The molecule has 0 aromatic heterocycles. The SMILES string of the molecule is CNCC(C(=O)Nc1cc(C)c(C)cc1C)C(C)C. The molecule has 0 aliphatic rings. The lowest BCUT2D eigenvalue weighted by Crippen LogP contribution is -2.34. The van der Waals surface area contributed by atoms with Crippen molar-refractivity contribution in [1.29, 1.82) is 0 Å². The lowest BCUT2D eigenvalue weighted by molar-refractivity contribution is -0.120. The molecule has 3 heteroatoms. The van der Waals surface area contributed by atoms with Crippen molar-refractivity contribution in [2.45, 2.75) is 34.6 Å². The van der Waals surface area contributed by atoms with Gasteiger partial charge in [0.2, 0.25) is 5.91 Å². The fourth-order valence-corrected chi connectivity index (χ4v) is 2.17. The van der Waals surface area contributed by atoms with E-state index in [4.69, 9.17) is 0 Å². The van der Waals surface area contributed by atoms with Crippen molar-refractivity contribution >= 4 is 11.6 Å². The second-order valence-electron chi connectivity index (χ2n) is 5.65. The Balaban J connectivity index is 2.89. The van der Waals surface area contributed by atoms with Crippen molar-refractivity contribution < 1.29 is 4.79 Å². The number of nitrogens with one attached hydrogen (secondary N) is 2. The first-order chi connectivity index (χ1) is 8.86. The zero-order chi connectivity index (χ0) is 14.6. The molecule has 0 heterocycles. The highest BCUT2D eigenvalue weighted by Gasteiger charge is 2.21. The number of carbonyl (C=O) groups excluding carboxylic acids is 1. The second kappa shape index (κ2) is 6.71. The fraction of sp³-hybridized carbons (Fsp3) is 0.562. The van der Waals surface area contributed by atoms with Gasteiger partial charge in [-0.05, 0) is 56.5 Å². The average molecular weight is 262 g/mol. The van der Waals surface area contributed by atoms with Crippen LogP contribution >= 0.6 is 0 Å². The maximum atomic E-state index is 12.3. The molecule has 0 radical (unpaired) electrons. The molecule has 1 rings (SSSR count). The number of carbonyl (C=O) groups is 1. The third-order valence-electron chi connectivity index (χ3n) is 3.66. The average Bonchev–Trinajstić information content (AvgIpc) is 2.32. The van der Waals surface area contributed by atoms with Crippen molar-refractivity contribution in [2.24, 2.45) is 11.8 Å². The summed E-state index contributed by atoms with van der Waals surface area (Å²) in [7, 11) is 1.88. The predicted molar refractivity (Wildman–Crippen MR) is 81.5 cm³/mol. The normalized spacial score (nSPS) is 12.6.